The molecule has 0 spiro atoms. The molecule has 26 heavy (non-hydrogen) atoms. The molecule has 0 aliphatic carbocycles. The maximum absolute atomic E-state index is 12.3. The molecule has 0 saturated carbocycles. The highest BCUT2D eigenvalue weighted by Gasteiger charge is 2.11. The van der Waals surface area contributed by atoms with Crippen LogP contribution in [0.2, 0.25) is 0 Å². The summed E-state index contributed by atoms with van der Waals surface area (Å²) < 4.78 is 5.38. The molecule has 0 aliphatic heterocycles. The number of carbonyl (C=O) groups is 1. The Bertz CT molecular complexity index is 849. The molecule has 1 N–H and O–H groups in total. The van der Waals surface area contributed by atoms with Crippen molar-refractivity contribution in [3.63, 3.8) is 0 Å². The van der Waals surface area contributed by atoms with Crippen molar-refractivity contribution in [3.8, 4) is 5.75 Å². The van der Waals surface area contributed by atoms with Crippen molar-refractivity contribution in [1.29, 1.82) is 0 Å². The molecule has 3 aromatic rings. The van der Waals surface area contributed by atoms with Gasteiger partial charge in [0.25, 0.3) is 5.91 Å². The number of nitrogens with one attached hydrogen (secondary N) is 1. The van der Waals surface area contributed by atoms with Crippen molar-refractivity contribution in [2.45, 2.75) is 6.92 Å². The highest BCUT2D eigenvalue weighted by atomic mass is 16.5. The van der Waals surface area contributed by atoms with Gasteiger partial charge in [0.05, 0.1) is 6.61 Å². The van der Waals surface area contributed by atoms with E-state index < -0.39 is 0 Å². The van der Waals surface area contributed by atoms with Crippen LogP contribution in [0.1, 0.15) is 17.4 Å². The Balaban J connectivity index is 1.67. The molecular weight excluding hydrogens is 328 g/mol. The van der Waals surface area contributed by atoms with Gasteiger partial charge in [0.1, 0.15) is 5.75 Å². The third-order valence-corrected chi connectivity index (χ3v) is 3.79. The van der Waals surface area contributed by atoms with Gasteiger partial charge in [-0.15, -0.1) is 10.2 Å². The number of amides is 1. The molecule has 0 atom stereocenters. The summed E-state index contributed by atoms with van der Waals surface area (Å²) in [6.07, 6.45) is 0. The fraction of sp³-hybridized carbons (Fsp3) is 0.150. The lowest BCUT2D eigenvalue weighted by Crippen LogP contribution is -2.16. The van der Waals surface area contributed by atoms with E-state index in [4.69, 9.17) is 4.74 Å². The van der Waals surface area contributed by atoms with E-state index in [0.29, 0.717) is 18.1 Å². The van der Waals surface area contributed by atoms with Crippen molar-refractivity contribution in [3.05, 3.63) is 72.4 Å². The Kier molecular flexibility index (Phi) is 5.43. The molecule has 1 aromatic heterocycles. The highest BCUT2D eigenvalue weighted by molar-refractivity contribution is 6.02. The van der Waals surface area contributed by atoms with Gasteiger partial charge in [0.15, 0.2) is 11.5 Å². The van der Waals surface area contributed by atoms with E-state index in [1.54, 1.807) is 24.3 Å². The molecule has 6 nitrogen and oxygen atoms in total. The molecule has 0 radical (unpaired) electrons. The first kappa shape index (κ1) is 17.4. The van der Waals surface area contributed by atoms with Crippen LogP contribution >= 0.6 is 0 Å². The number of carbonyl (C=O) groups excluding carboxylic acids is 1. The monoisotopic (exact) mass is 348 g/mol. The number of rotatable bonds is 6. The molecule has 0 aliphatic rings. The number of ether oxygens (including phenoxy) is 1. The first-order valence-corrected chi connectivity index (χ1v) is 8.34. The standard InChI is InChI=1S/C20H20N4O2/c1-3-26-17-11-9-15(10-12-17)21-20(25)18-13-14-19(23-22-18)24(2)16-7-5-4-6-8-16/h4-14H,3H2,1-2H3,(H,21,25). The summed E-state index contributed by atoms with van der Waals surface area (Å²) in [4.78, 5) is 14.2. The van der Waals surface area contributed by atoms with Crippen LogP contribution in [0.3, 0.4) is 0 Å². The van der Waals surface area contributed by atoms with Gasteiger partial charge in [0.2, 0.25) is 0 Å². The maximum atomic E-state index is 12.3. The molecular formula is C20H20N4O2. The second-order valence-corrected chi connectivity index (χ2v) is 5.58. The smallest absolute Gasteiger partial charge is 0.276 e. The predicted octanol–water partition coefficient (Wildman–Crippen LogP) is 3.90. The zero-order chi connectivity index (χ0) is 18.4. The van der Waals surface area contributed by atoms with Gasteiger partial charge in [0, 0.05) is 18.4 Å². The van der Waals surface area contributed by atoms with Crippen LogP contribution in [0.25, 0.3) is 0 Å². The summed E-state index contributed by atoms with van der Waals surface area (Å²) in [6.45, 7) is 2.53. The minimum atomic E-state index is -0.310. The number of aromatic nitrogens is 2. The van der Waals surface area contributed by atoms with E-state index in [1.807, 2.05) is 61.3 Å². The first-order chi connectivity index (χ1) is 12.7. The predicted molar refractivity (Wildman–Crippen MR) is 102 cm³/mol. The van der Waals surface area contributed by atoms with Crippen molar-refractivity contribution < 1.29 is 9.53 Å². The number of hydrogen-bond acceptors (Lipinski definition) is 5. The average molecular weight is 348 g/mol. The van der Waals surface area contributed by atoms with E-state index in [0.717, 1.165) is 11.4 Å². The maximum Gasteiger partial charge on any atom is 0.276 e. The minimum absolute atomic E-state index is 0.254. The van der Waals surface area contributed by atoms with E-state index in [9.17, 15) is 4.79 Å². The van der Waals surface area contributed by atoms with Gasteiger partial charge in [-0.05, 0) is 55.5 Å². The van der Waals surface area contributed by atoms with Gasteiger partial charge < -0.3 is 15.0 Å². The van der Waals surface area contributed by atoms with Gasteiger partial charge in [-0.3, -0.25) is 4.79 Å². The lowest BCUT2D eigenvalue weighted by Gasteiger charge is -2.17. The molecule has 0 bridgehead atoms. The Labute approximate surface area is 152 Å². The number of anilines is 3. The quantitative estimate of drug-likeness (QED) is 0.732. The number of benzene rings is 2. The zero-order valence-electron chi connectivity index (χ0n) is 14.7. The molecule has 1 heterocycles. The third-order valence-electron chi connectivity index (χ3n) is 3.79. The third kappa shape index (κ3) is 4.16. The normalized spacial score (nSPS) is 10.2. The lowest BCUT2D eigenvalue weighted by molar-refractivity contribution is 0.102. The Morgan fingerprint density at radius 1 is 1.00 bits per heavy atom. The molecule has 0 fully saturated rings. The molecule has 3 rings (SSSR count). The minimum Gasteiger partial charge on any atom is -0.494 e. The summed E-state index contributed by atoms with van der Waals surface area (Å²) in [5.74, 6) is 1.11. The topological polar surface area (TPSA) is 67.3 Å². The summed E-state index contributed by atoms with van der Waals surface area (Å²) in [6, 6.07) is 20.4. The highest BCUT2D eigenvalue weighted by Crippen LogP contribution is 2.20. The van der Waals surface area contributed by atoms with Crippen LogP contribution in [-0.2, 0) is 0 Å². The summed E-state index contributed by atoms with van der Waals surface area (Å²) >= 11 is 0. The summed E-state index contributed by atoms with van der Waals surface area (Å²) in [5.41, 5.74) is 1.92. The largest absolute Gasteiger partial charge is 0.494 e. The van der Waals surface area contributed by atoms with Crippen LogP contribution in [0.5, 0.6) is 5.75 Å². The average Bonchev–Trinajstić information content (AvgIpc) is 2.70. The van der Waals surface area contributed by atoms with Crippen LogP contribution in [-0.4, -0.2) is 29.8 Å². The lowest BCUT2D eigenvalue weighted by atomic mass is 10.2. The molecule has 2 aromatic carbocycles. The van der Waals surface area contributed by atoms with Crippen LogP contribution in [0.4, 0.5) is 17.2 Å². The van der Waals surface area contributed by atoms with E-state index >= 15 is 0 Å². The van der Waals surface area contributed by atoms with E-state index in [-0.39, 0.29) is 11.6 Å². The van der Waals surface area contributed by atoms with Crippen LogP contribution < -0.4 is 15.0 Å². The van der Waals surface area contributed by atoms with Crippen molar-refractivity contribution >= 4 is 23.1 Å². The molecule has 0 unspecified atom stereocenters. The van der Waals surface area contributed by atoms with Gasteiger partial charge in [-0.2, -0.15) is 0 Å². The molecule has 1 amide bonds. The fourth-order valence-electron chi connectivity index (χ4n) is 2.41. The van der Waals surface area contributed by atoms with E-state index in [2.05, 4.69) is 15.5 Å². The number of hydrogen-bond donors (Lipinski definition) is 1. The second-order valence-electron chi connectivity index (χ2n) is 5.58. The summed E-state index contributed by atoms with van der Waals surface area (Å²) in [7, 11) is 1.90. The summed E-state index contributed by atoms with van der Waals surface area (Å²) in [5, 5.41) is 11.0. The first-order valence-electron chi connectivity index (χ1n) is 8.34. The van der Waals surface area contributed by atoms with Gasteiger partial charge >= 0.3 is 0 Å². The SMILES string of the molecule is CCOc1ccc(NC(=O)c2ccc(N(C)c3ccccc3)nn2)cc1. The number of nitrogens with zero attached hydrogens (tertiary/aromatic N) is 3. The van der Waals surface area contributed by atoms with Gasteiger partial charge in [-0.25, -0.2) is 0 Å². The van der Waals surface area contributed by atoms with Crippen LogP contribution in [0.15, 0.2) is 66.7 Å². The van der Waals surface area contributed by atoms with Crippen LogP contribution in [0, 0.1) is 0 Å². The molecule has 0 saturated heterocycles. The second kappa shape index (κ2) is 8.11. The Hall–Kier alpha value is -3.41. The molecule has 6 heteroatoms. The van der Waals surface area contributed by atoms with Crippen molar-refractivity contribution in [2.75, 3.05) is 23.9 Å². The van der Waals surface area contributed by atoms with Gasteiger partial charge in [-0.1, -0.05) is 18.2 Å². The van der Waals surface area contributed by atoms with E-state index in [1.165, 1.54) is 0 Å². The molecule has 132 valence electrons. The van der Waals surface area contributed by atoms with Crippen molar-refractivity contribution in [1.82, 2.24) is 10.2 Å². The Morgan fingerprint density at radius 3 is 2.35 bits per heavy atom. The van der Waals surface area contributed by atoms with Crippen molar-refractivity contribution in [2.24, 2.45) is 0 Å². The fourth-order valence-corrected chi connectivity index (χ4v) is 2.41. The number of para-hydroxylation sites is 1. The Morgan fingerprint density at radius 2 is 1.73 bits per heavy atom. The zero-order valence-corrected chi connectivity index (χ0v) is 14.7.